The molecule has 1 saturated heterocycles. The van der Waals surface area contributed by atoms with E-state index in [2.05, 4.69) is 31.0 Å². The molecule has 0 unspecified atom stereocenters. The standard InChI is InChI=1S/C16H32N2OS/c1-14(2)17-12-16(6-4-15(3)5-7-16)13-18-8-10-20(19)11-9-18/h14-15,17H,4-13H2,1-3H3. The fourth-order valence-electron chi connectivity index (χ4n) is 3.49. The monoisotopic (exact) mass is 300 g/mol. The molecule has 2 fully saturated rings. The van der Waals surface area contributed by atoms with E-state index < -0.39 is 10.8 Å². The Morgan fingerprint density at radius 2 is 1.85 bits per heavy atom. The predicted molar refractivity (Wildman–Crippen MR) is 87.5 cm³/mol. The van der Waals surface area contributed by atoms with E-state index in [1.807, 2.05) is 0 Å². The quantitative estimate of drug-likeness (QED) is 0.845. The number of hydrogen-bond donors (Lipinski definition) is 1. The lowest BCUT2D eigenvalue weighted by Crippen LogP contribution is -2.50. The highest BCUT2D eigenvalue weighted by molar-refractivity contribution is 7.85. The van der Waals surface area contributed by atoms with Gasteiger partial charge in [-0.15, -0.1) is 0 Å². The van der Waals surface area contributed by atoms with Gasteiger partial charge in [0.25, 0.3) is 0 Å². The normalized spacial score (nSPS) is 33.7. The van der Waals surface area contributed by atoms with Crippen LogP contribution in [-0.4, -0.2) is 52.8 Å². The van der Waals surface area contributed by atoms with Crippen LogP contribution < -0.4 is 5.32 Å². The second kappa shape index (κ2) is 7.37. The molecular weight excluding hydrogens is 268 g/mol. The molecule has 0 aromatic heterocycles. The summed E-state index contributed by atoms with van der Waals surface area (Å²) in [6.45, 7) is 11.3. The summed E-state index contributed by atoms with van der Waals surface area (Å²) in [5.74, 6) is 2.66. The minimum Gasteiger partial charge on any atom is -0.314 e. The van der Waals surface area contributed by atoms with Crippen molar-refractivity contribution in [3.63, 3.8) is 0 Å². The average Bonchev–Trinajstić information content (AvgIpc) is 2.43. The average molecular weight is 301 g/mol. The summed E-state index contributed by atoms with van der Waals surface area (Å²) in [6, 6.07) is 0.570. The van der Waals surface area contributed by atoms with Crippen molar-refractivity contribution in [1.82, 2.24) is 10.2 Å². The van der Waals surface area contributed by atoms with Gasteiger partial charge in [0, 0.05) is 54.5 Å². The Morgan fingerprint density at radius 3 is 2.40 bits per heavy atom. The molecule has 2 rings (SSSR count). The Balaban J connectivity index is 1.93. The molecule has 4 heteroatoms. The summed E-state index contributed by atoms with van der Waals surface area (Å²) in [5, 5.41) is 3.68. The summed E-state index contributed by atoms with van der Waals surface area (Å²) < 4.78 is 11.5. The number of hydrogen-bond acceptors (Lipinski definition) is 3. The van der Waals surface area contributed by atoms with E-state index in [-0.39, 0.29) is 0 Å². The van der Waals surface area contributed by atoms with Crippen LogP contribution >= 0.6 is 0 Å². The number of nitrogens with zero attached hydrogens (tertiary/aromatic N) is 1. The minimum absolute atomic E-state index is 0.454. The van der Waals surface area contributed by atoms with Crippen LogP contribution in [-0.2, 0) is 10.8 Å². The van der Waals surface area contributed by atoms with Crippen LogP contribution in [0.2, 0.25) is 0 Å². The highest BCUT2D eigenvalue weighted by Gasteiger charge is 2.36. The molecule has 2 aliphatic rings. The van der Waals surface area contributed by atoms with E-state index in [1.54, 1.807) is 0 Å². The molecule has 0 amide bonds. The molecule has 0 radical (unpaired) electrons. The third-order valence-electron chi connectivity index (χ3n) is 5.05. The van der Waals surface area contributed by atoms with Crippen molar-refractivity contribution in [3.05, 3.63) is 0 Å². The summed E-state index contributed by atoms with van der Waals surface area (Å²) in [5.41, 5.74) is 0.454. The van der Waals surface area contributed by atoms with E-state index in [9.17, 15) is 4.21 Å². The van der Waals surface area contributed by atoms with Crippen molar-refractivity contribution in [2.24, 2.45) is 11.3 Å². The van der Waals surface area contributed by atoms with Crippen LogP contribution in [0.15, 0.2) is 0 Å². The first-order chi connectivity index (χ1) is 9.49. The molecule has 1 N–H and O–H groups in total. The van der Waals surface area contributed by atoms with E-state index in [0.29, 0.717) is 11.5 Å². The lowest BCUT2D eigenvalue weighted by atomic mass is 9.70. The molecule has 20 heavy (non-hydrogen) atoms. The van der Waals surface area contributed by atoms with Crippen molar-refractivity contribution >= 4 is 10.8 Å². The van der Waals surface area contributed by atoms with E-state index >= 15 is 0 Å². The highest BCUT2D eigenvalue weighted by Crippen LogP contribution is 2.39. The molecule has 1 saturated carbocycles. The first kappa shape index (κ1) is 16.4. The summed E-state index contributed by atoms with van der Waals surface area (Å²) in [7, 11) is -0.555. The largest absolute Gasteiger partial charge is 0.314 e. The topological polar surface area (TPSA) is 32.3 Å². The maximum absolute atomic E-state index is 11.5. The van der Waals surface area contributed by atoms with Crippen LogP contribution in [0.25, 0.3) is 0 Å². The molecule has 0 aromatic rings. The maximum atomic E-state index is 11.5. The molecule has 118 valence electrons. The highest BCUT2D eigenvalue weighted by atomic mass is 32.2. The van der Waals surface area contributed by atoms with Gasteiger partial charge in [0.15, 0.2) is 0 Å². The van der Waals surface area contributed by atoms with Gasteiger partial charge in [-0.05, 0) is 24.2 Å². The Hall–Kier alpha value is 0.0700. The van der Waals surface area contributed by atoms with Gasteiger partial charge in [0.2, 0.25) is 0 Å². The molecule has 1 aliphatic heterocycles. The second-order valence-electron chi connectivity index (χ2n) is 7.34. The Labute approximate surface area is 127 Å². The lowest BCUT2D eigenvalue weighted by Gasteiger charge is -2.44. The first-order valence-electron chi connectivity index (χ1n) is 8.30. The minimum atomic E-state index is -0.555. The van der Waals surface area contributed by atoms with Gasteiger partial charge >= 0.3 is 0 Å². The third kappa shape index (κ3) is 4.81. The molecule has 0 bridgehead atoms. The molecule has 0 atom stereocenters. The Bertz CT molecular complexity index is 314. The molecule has 0 spiro atoms. The van der Waals surface area contributed by atoms with E-state index in [0.717, 1.165) is 37.1 Å². The van der Waals surface area contributed by atoms with Crippen molar-refractivity contribution in [1.29, 1.82) is 0 Å². The molecule has 0 aromatic carbocycles. The van der Waals surface area contributed by atoms with Crippen molar-refractivity contribution < 1.29 is 4.21 Å². The lowest BCUT2D eigenvalue weighted by molar-refractivity contribution is 0.0889. The van der Waals surface area contributed by atoms with Crippen LogP contribution in [0.4, 0.5) is 0 Å². The third-order valence-corrected chi connectivity index (χ3v) is 6.33. The summed E-state index contributed by atoms with van der Waals surface area (Å²) in [4.78, 5) is 2.57. The van der Waals surface area contributed by atoms with Gasteiger partial charge in [-0.25, -0.2) is 0 Å². The van der Waals surface area contributed by atoms with Crippen LogP contribution in [0.1, 0.15) is 46.5 Å². The second-order valence-corrected chi connectivity index (χ2v) is 9.04. The Kier molecular flexibility index (Phi) is 6.06. The van der Waals surface area contributed by atoms with Crippen molar-refractivity contribution in [3.8, 4) is 0 Å². The smallest absolute Gasteiger partial charge is 0.0363 e. The SMILES string of the molecule is CC1CCC(CNC(C)C)(CN2CCS(=O)CC2)CC1. The molecular formula is C16H32N2OS. The summed E-state index contributed by atoms with van der Waals surface area (Å²) >= 11 is 0. The maximum Gasteiger partial charge on any atom is 0.0363 e. The zero-order valence-corrected chi connectivity index (χ0v) is 14.3. The van der Waals surface area contributed by atoms with E-state index in [1.165, 1.54) is 32.2 Å². The van der Waals surface area contributed by atoms with Gasteiger partial charge in [-0.1, -0.05) is 33.6 Å². The number of nitrogens with one attached hydrogen (secondary N) is 1. The van der Waals surface area contributed by atoms with Gasteiger partial charge < -0.3 is 10.2 Å². The molecule has 1 aliphatic carbocycles. The zero-order chi connectivity index (χ0) is 14.6. The van der Waals surface area contributed by atoms with Gasteiger partial charge in [-0.3, -0.25) is 4.21 Å². The van der Waals surface area contributed by atoms with Crippen LogP contribution in [0.3, 0.4) is 0 Å². The Morgan fingerprint density at radius 1 is 1.25 bits per heavy atom. The van der Waals surface area contributed by atoms with Crippen LogP contribution in [0, 0.1) is 11.3 Å². The number of rotatable bonds is 5. The zero-order valence-electron chi connectivity index (χ0n) is 13.5. The predicted octanol–water partition coefficient (Wildman–Crippen LogP) is 2.25. The van der Waals surface area contributed by atoms with Gasteiger partial charge in [0.05, 0.1) is 0 Å². The van der Waals surface area contributed by atoms with Gasteiger partial charge in [-0.2, -0.15) is 0 Å². The van der Waals surface area contributed by atoms with Crippen LogP contribution in [0.5, 0.6) is 0 Å². The first-order valence-corrected chi connectivity index (χ1v) is 9.79. The molecule has 3 nitrogen and oxygen atoms in total. The van der Waals surface area contributed by atoms with Crippen molar-refractivity contribution in [2.45, 2.75) is 52.5 Å². The summed E-state index contributed by atoms with van der Waals surface area (Å²) in [6.07, 6.45) is 5.46. The fraction of sp³-hybridized carbons (Fsp3) is 1.00. The fourth-order valence-corrected chi connectivity index (χ4v) is 4.62. The molecule has 1 heterocycles. The van der Waals surface area contributed by atoms with E-state index in [4.69, 9.17) is 0 Å². The van der Waals surface area contributed by atoms with Crippen molar-refractivity contribution in [2.75, 3.05) is 37.7 Å². The van der Waals surface area contributed by atoms with Gasteiger partial charge in [0.1, 0.15) is 0 Å².